The molecule has 15 heteroatoms. The fourth-order valence-electron chi connectivity index (χ4n) is 4.61. The lowest BCUT2D eigenvalue weighted by molar-refractivity contribution is -0.139. The van der Waals surface area contributed by atoms with E-state index in [9.17, 15) is 22.8 Å². The Bertz CT molecular complexity index is 1550. The van der Waals surface area contributed by atoms with Gasteiger partial charge >= 0.3 is 6.18 Å². The summed E-state index contributed by atoms with van der Waals surface area (Å²) in [7, 11) is 0. The average molecular weight is 654 g/mol. The first-order chi connectivity index (χ1) is 18.9. The second-order valence-corrected chi connectivity index (χ2v) is 11.9. The molecule has 2 aliphatic rings. The summed E-state index contributed by atoms with van der Waals surface area (Å²) < 4.78 is 40.0. The number of halogens is 7. The zero-order valence-corrected chi connectivity index (χ0v) is 24.2. The van der Waals surface area contributed by atoms with Gasteiger partial charge in [-0.1, -0.05) is 51.6 Å². The first kappa shape index (κ1) is 29.2. The third-order valence-electron chi connectivity index (χ3n) is 6.73. The van der Waals surface area contributed by atoms with Gasteiger partial charge in [0.2, 0.25) is 5.91 Å². The molecule has 0 bridgehead atoms. The van der Waals surface area contributed by atoms with Gasteiger partial charge < -0.3 is 14.3 Å². The molecule has 212 valence electrons. The van der Waals surface area contributed by atoms with Crippen LogP contribution in [0.1, 0.15) is 53.1 Å². The van der Waals surface area contributed by atoms with E-state index in [-0.39, 0.29) is 5.92 Å². The van der Waals surface area contributed by atoms with Crippen molar-refractivity contribution in [3.8, 4) is 0 Å². The number of oxime groups is 1. The third kappa shape index (κ3) is 6.13. The Balaban J connectivity index is 1.19. The summed E-state index contributed by atoms with van der Waals surface area (Å²) >= 11 is 25.8. The monoisotopic (exact) mass is 652 g/mol. The maximum absolute atomic E-state index is 13.1. The SMILES string of the molecule is O=C(Cn1cc(C(F)(F)F)cc(Cl)c1=O)N1CCC(c2nc(C3=NOC(c4cc(Cl)cc(Cl)c4Cl)C3)cs2)CC1. The van der Waals surface area contributed by atoms with Gasteiger partial charge in [-0.25, -0.2) is 4.98 Å². The van der Waals surface area contributed by atoms with Gasteiger partial charge in [0.05, 0.1) is 26.3 Å². The molecule has 0 saturated carbocycles. The molecule has 1 unspecified atom stereocenters. The smallest absolute Gasteiger partial charge is 0.387 e. The predicted octanol–water partition coefficient (Wildman–Crippen LogP) is 7.21. The average Bonchev–Trinajstić information content (AvgIpc) is 3.58. The number of aromatic nitrogens is 2. The van der Waals surface area contributed by atoms with Crippen LogP contribution in [0.4, 0.5) is 13.2 Å². The van der Waals surface area contributed by atoms with Crippen molar-refractivity contribution < 1.29 is 22.8 Å². The first-order valence-electron chi connectivity index (χ1n) is 12.0. The molecule has 40 heavy (non-hydrogen) atoms. The zero-order valence-electron chi connectivity index (χ0n) is 20.4. The van der Waals surface area contributed by atoms with Gasteiger partial charge in [0.25, 0.3) is 5.56 Å². The molecule has 2 aromatic heterocycles. The van der Waals surface area contributed by atoms with Crippen LogP contribution in [0.25, 0.3) is 0 Å². The van der Waals surface area contributed by atoms with Gasteiger partial charge in [-0.15, -0.1) is 11.3 Å². The van der Waals surface area contributed by atoms with E-state index in [4.69, 9.17) is 56.2 Å². The van der Waals surface area contributed by atoms with Crippen molar-refractivity contribution in [3.05, 3.63) is 82.0 Å². The number of alkyl halides is 3. The van der Waals surface area contributed by atoms with Crippen LogP contribution >= 0.6 is 57.7 Å². The molecule has 5 rings (SSSR count). The molecule has 1 atom stereocenters. The molecule has 2 aliphatic heterocycles. The number of hydrogen-bond donors (Lipinski definition) is 0. The number of amides is 1. The van der Waals surface area contributed by atoms with Gasteiger partial charge in [0.15, 0.2) is 6.10 Å². The van der Waals surface area contributed by atoms with Crippen molar-refractivity contribution >= 4 is 69.4 Å². The second-order valence-electron chi connectivity index (χ2n) is 9.36. The van der Waals surface area contributed by atoms with Crippen molar-refractivity contribution in [2.24, 2.45) is 5.16 Å². The number of carbonyl (C=O) groups excluding carboxylic acids is 1. The van der Waals surface area contributed by atoms with Gasteiger partial charge in [-0.2, -0.15) is 13.2 Å². The van der Waals surface area contributed by atoms with Crippen molar-refractivity contribution in [1.82, 2.24) is 14.5 Å². The van der Waals surface area contributed by atoms with E-state index in [0.29, 0.717) is 81.2 Å². The molecule has 3 aromatic rings. The molecular formula is C25H19Cl4F3N4O3S. The maximum Gasteiger partial charge on any atom is 0.417 e. The van der Waals surface area contributed by atoms with Crippen LogP contribution in [0.3, 0.4) is 0 Å². The van der Waals surface area contributed by atoms with Crippen LogP contribution < -0.4 is 5.56 Å². The van der Waals surface area contributed by atoms with Crippen LogP contribution in [-0.2, 0) is 22.4 Å². The Kier molecular flexibility index (Phi) is 8.41. The summed E-state index contributed by atoms with van der Waals surface area (Å²) in [6.07, 6.45) is -2.87. The Morgan fingerprint density at radius 1 is 1.10 bits per heavy atom. The Morgan fingerprint density at radius 2 is 1.82 bits per heavy atom. The first-order valence-corrected chi connectivity index (χ1v) is 14.4. The Morgan fingerprint density at radius 3 is 2.52 bits per heavy atom. The van der Waals surface area contributed by atoms with Crippen LogP contribution in [0.5, 0.6) is 0 Å². The molecule has 7 nitrogen and oxygen atoms in total. The highest BCUT2D eigenvalue weighted by Crippen LogP contribution is 2.39. The molecule has 0 spiro atoms. The fourth-order valence-corrected chi connectivity index (χ4v) is 6.57. The van der Waals surface area contributed by atoms with Gasteiger partial charge in [0.1, 0.15) is 17.3 Å². The van der Waals surface area contributed by atoms with Gasteiger partial charge in [-0.05, 0) is 31.0 Å². The van der Waals surface area contributed by atoms with Crippen molar-refractivity contribution in [1.29, 1.82) is 0 Å². The molecule has 1 amide bonds. The molecule has 1 saturated heterocycles. The summed E-state index contributed by atoms with van der Waals surface area (Å²) in [5.74, 6) is -0.368. The van der Waals surface area contributed by atoms with E-state index < -0.39 is 40.9 Å². The third-order valence-corrected chi connectivity index (χ3v) is 9.04. The standard InChI is InChI=1S/C25H19Cl4F3N4O3S/c26-14-6-15(22(29)16(27)7-14)20-8-18(34-39-20)19-11-40-23(33-19)12-1-3-35(4-2-12)21(37)10-36-9-13(25(30,31)32)5-17(28)24(36)38/h5-7,9,11-12,20H,1-4,8,10H2. The minimum atomic E-state index is -4.69. The highest BCUT2D eigenvalue weighted by Gasteiger charge is 2.33. The van der Waals surface area contributed by atoms with Crippen LogP contribution in [0, 0.1) is 0 Å². The minimum absolute atomic E-state index is 0.0911. The predicted molar refractivity (Wildman–Crippen MR) is 148 cm³/mol. The number of nitrogens with zero attached hydrogens (tertiary/aromatic N) is 4. The number of pyridine rings is 1. The molecular weight excluding hydrogens is 635 g/mol. The zero-order chi connectivity index (χ0) is 28.8. The Hall–Kier alpha value is -2.31. The van der Waals surface area contributed by atoms with Crippen molar-refractivity contribution in [2.75, 3.05) is 13.1 Å². The van der Waals surface area contributed by atoms with Gasteiger partial charge in [0, 0.05) is 47.6 Å². The van der Waals surface area contributed by atoms with E-state index in [1.807, 2.05) is 5.38 Å². The van der Waals surface area contributed by atoms with E-state index in [2.05, 4.69) is 5.16 Å². The number of carbonyl (C=O) groups is 1. The highest BCUT2D eigenvalue weighted by molar-refractivity contribution is 7.10. The van der Waals surface area contributed by atoms with E-state index >= 15 is 0 Å². The summed E-state index contributed by atoms with van der Waals surface area (Å²) in [6.45, 7) is 0.220. The van der Waals surface area contributed by atoms with Crippen molar-refractivity contribution in [2.45, 2.75) is 44.0 Å². The van der Waals surface area contributed by atoms with Gasteiger partial charge in [-0.3, -0.25) is 9.59 Å². The van der Waals surface area contributed by atoms with E-state index in [0.717, 1.165) is 5.01 Å². The van der Waals surface area contributed by atoms with Crippen LogP contribution in [0.2, 0.25) is 20.1 Å². The minimum Gasteiger partial charge on any atom is -0.387 e. The summed E-state index contributed by atoms with van der Waals surface area (Å²) in [4.78, 5) is 36.9. The van der Waals surface area contributed by atoms with Crippen LogP contribution in [-0.4, -0.2) is 39.2 Å². The van der Waals surface area contributed by atoms with Crippen LogP contribution in [0.15, 0.2) is 39.7 Å². The fraction of sp³-hybridized carbons (Fsp3) is 0.360. The maximum atomic E-state index is 13.1. The number of hydrogen-bond acceptors (Lipinski definition) is 6. The molecule has 1 fully saturated rings. The van der Waals surface area contributed by atoms with E-state index in [1.54, 1.807) is 12.1 Å². The largest absolute Gasteiger partial charge is 0.417 e. The molecule has 0 aliphatic carbocycles. The van der Waals surface area contributed by atoms with E-state index in [1.165, 1.54) is 16.2 Å². The lowest BCUT2D eigenvalue weighted by Crippen LogP contribution is -2.41. The molecule has 0 radical (unpaired) electrons. The quantitative estimate of drug-likeness (QED) is 0.273. The normalized spacial score (nSPS) is 18.1. The topological polar surface area (TPSA) is 76.8 Å². The lowest BCUT2D eigenvalue weighted by atomic mass is 9.97. The van der Waals surface area contributed by atoms with Crippen molar-refractivity contribution in [3.63, 3.8) is 0 Å². The molecule has 0 N–H and O–H groups in total. The molecule has 1 aromatic carbocycles. The number of thiazole rings is 1. The Labute approximate surface area is 250 Å². The summed E-state index contributed by atoms with van der Waals surface area (Å²) in [5, 5.41) is 7.50. The number of likely N-dealkylation sites (tertiary alicyclic amines) is 1. The molecule has 4 heterocycles. The lowest BCUT2D eigenvalue weighted by Gasteiger charge is -2.31. The summed E-state index contributed by atoms with van der Waals surface area (Å²) in [6, 6.07) is 3.81. The summed E-state index contributed by atoms with van der Waals surface area (Å²) in [5.41, 5.74) is 0.0461. The number of benzene rings is 1. The second kappa shape index (κ2) is 11.5. The number of rotatable bonds is 5. The highest BCUT2D eigenvalue weighted by atomic mass is 35.5. The number of piperidine rings is 1.